The van der Waals surface area contributed by atoms with Crippen LogP contribution in [0.3, 0.4) is 0 Å². The molecule has 34 heavy (non-hydrogen) atoms. The van der Waals surface area contributed by atoms with Crippen molar-refractivity contribution in [1.82, 2.24) is 10.6 Å². The molecular formula is C24H20Cl3N5OS. The minimum absolute atomic E-state index is 0.155. The van der Waals surface area contributed by atoms with Crippen molar-refractivity contribution in [3.63, 3.8) is 0 Å². The summed E-state index contributed by atoms with van der Waals surface area (Å²) in [6.07, 6.45) is 1.92. The number of azo groups is 1. The number of amides is 1. The van der Waals surface area contributed by atoms with Gasteiger partial charge in [-0.05, 0) is 60.3 Å². The van der Waals surface area contributed by atoms with E-state index in [4.69, 9.17) is 47.0 Å². The molecule has 0 aliphatic carbocycles. The summed E-state index contributed by atoms with van der Waals surface area (Å²) in [7, 11) is 0. The van der Waals surface area contributed by atoms with Crippen LogP contribution in [0.15, 0.2) is 101 Å². The Labute approximate surface area is 218 Å². The van der Waals surface area contributed by atoms with E-state index in [0.29, 0.717) is 11.4 Å². The number of anilines is 1. The molecule has 0 saturated heterocycles. The number of carbonyl (C=O) groups excluding carboxylic acids is 1. The molecule has 0 saturated carbocycles. The van der Waals surface area contributed by atoms with Crippen LogP contribution in [0, 0.1) is 0 Å². The molecule has 0 aliphatic rings. The summed E-state index contributed by atoms with van der Waals surface area (Å²) in [4.78, 5) is 12.3. The van der Waals surface area contributed by atoms with Crippen molar-refractivity contribution in [2.45, 2.75) is 9.96 Å². The standard InChI is InChI=1S/C24H20Cl3N5OS/c25-24(26,27)22(29-21(33)16-11-17-7-3-1-4-8-17)30-23(34)28-18-12-14-20(15-13-18)32-31-19-9-5-2-6-10-19/h1-16,22H,(H,29,33)(H2,28,30,34)/b16-11-,32-31?. The summed E-state index contributed by atoms with van der Waals surface area (Å²) in [6, 6.07) is 25.9. The number of halogens is 3. The van der Waals surface area contributed by atoms with Gasteiger partial charge in [0.25, 0.3) is 0 Å². The maximum absolute atomic E-state index is 12.3. The van der Waals surface area contributed by atoms with Gasteiger partial charge in [0.15, 0.2) is 5.11 Å². The number of hydrogen-bond donors (Lipinski definition) is 3. The Morgan fingerprint density at radius 1 is 0.824 bits per heavy atom. The maximum atomic E-state index is 12.3. The Morgan fingerprint density at radius 2 is 1.38 bits per heavy atom. The highest BCUT2D eigenvalue weighted by Crippen LogP contribution is 2.29. The lowest BCUT2D eigenvalue weighted by atomic mass is 10.2. The van der Waals surface area contributed by atoms with Gasteiger partial charge in [-0.2, -0.15) is 10.2 Å². The van der Waals surface area contributed by atoms with Crippen molar-refractivity contribution in [2.75, 3.05) is 5.32 Å². The smallest absolute Gasteiger partial charge is 0.245 e. The SMILES string of the molecule is O=C(/C=C\c1ccccc1)NC(NC(=S)Nc1ccc(N=Nc2ccccc2)cc1)C(Cl)(Cl)Cl. The van der Waals surface area contributed by atoms with Crippen LogP contribution >= 0.6 is 47.0 Å². The number of nitrogens with zero attached hydrogens (tertiary/aromatic N) is 2. The van der Waals surface area contributed by atoms with E-state index < -0.39 is 15.9 Å². The van der Waals surface area contributed by atoms with Crippen LogP contribution < -0.4 is 16.0 Å². The molecule has 6 nitrogen and oxygen atoms in total. The zero-order valence-corrected chi connectivity index (χ0v) is 20.7. The predicted octanol–water partition coefficient (Wildman–Crippen LogP) is 6.91. The van der Waals surface area contributed by atoms with E-state index in [1.807, 2.05) is 60.7 Å². The molecule has 0 heterocycles. The van der Waals surface area contributed by atoms with Crippen LogP contribution in [0.2, 0.25) is 0 Å². The summed E-state index contributed by atoms with van der Waals surface area (Å²) in [5, 5.41) is 16.9. The topological polar surface area (TPSA) is 77.9 Å². The minimum atomic E-state index is -1.86. The number of benzene rings is 3. The predicted molar refractivity (Wildman–Crippen MR) is 144 cm³/mol. The summed E-state index contributed by atoms with van der Waals surface area (Å²) in [6.45, 7) is 0. The van der Waals surface area contributed by atoms with Gasteiger partial charge in [-0.1, -0.05) is 83.3 Å². The highest BCUT2D eigenvalue weighted by molar-refractivity contribution is 7.80. The second-order valence-corrected chi connectivity index (χ2v) is 9.69. The molecular weight excluding hydrogens is 513 g/mol. The molecule has 1 amide bonds. The zero-order valence-electron chi connectivity index (χ0n) is 17.7. The monoisotopic (exact) mass is 531 g/mol. The average Bonchev–Trinajstić information content (AvgIpc) is 2.82. The fourth-order valence-electron chi connectivity index (χ4n) is 2.65. The summed E-state index contributed by atoms with van der Waals surface area (Å²) < 4.78 is -1.86. The molecule has 3 N–H and O–H groups in total. The lowest BCUT2D eigenvalue weighted by Crippen LogP contribution is -2.55. The van der Waals surface area contributed by atoms with Gasteiger partial charge in [0.05, 0.1) is 11.4 Å². The van der Waals surface area contributed by atoms with Gasteiger partial charge in [0, 0.05) is 11.8 Å². The van der Waals surface area contributed by atoms with Gasteiger partial charge >= 0.3 is 0 Å². The highest BCUT2D eigenvalue weighted by atomic mass is 35.6. The third kappa shape index (κ3) is 8.76. The van der Waals surface area contributed by atoms with E-state index in [2.05, 4.69) is 26.2 Å². The van der Waals surface area contributed by atoms with Crippen LogP contribution in [0.25, 0.3) is 6.08 Å². The molecule has 174 valence electrons. The Bertz CT molecular complexity index is 1150. The van der Waals surface area contributed by atoms with Crippen LogP contribution in [0.1, 0.15) is 5.56 Å². The van der Waals surface area contributed by atoms with E-state index >= 15 is 0 Å². The third-order valence-electron chi connectivity index (χ3n) is 4.28. The first kappa shape index (κ1) is 25.6. The van der Waals surface area contributed by atoms with Gasteiger partial charge in [-0.3, -0.25) is 4.79 Å². The molecule has 0 fully saturated rings. The van der Waals surface area contributed by atoms with Crippen molar-refractivity contribution in [1.29, 1.82) is 0 Å². The third-order valence-corrected chi connectivity index (χ3v) is 5.15. The van der Waals surface area contributed by atoms with Crippen LogP contribution in [-0.4, -0.2) is 21.0 Å². The molecule has 0 aromatic heterocycles. The summed E-state index contributed by atoms with van der Waals surface area (Å²) in [5.74, 6) is -0.455. The maximum Gasteiger partial charge on any atom is 0.245 e. The van der Waals surface area contributed by atoms with Crippen molar-refractivity contribution in [3.05, 3.63) is 96.6 Å². The molecule has 0 aliphatic heterocycles. The Balaban J connectivity index is 1.56. The number of carbonyl (C=O) groups is 1. The van der Waals surface area contributed by atoms with Gasteiger partial charge < -0.3 is 16.0 Å². The molecule has 3 aromatic rings. The second kappa shape index (κ2) is 12.5. The lowest BCUT2D eigenvalue weighted by molar-refractivity contribution is -0.117. The number of nitrogens with one attached hydrogen (secondary N) is 3. The van der Waals surface area contributed by atoms with E-state index in [9.17, 15) is 4.79 Å². The minimum Gasteiger partial charge on any atom is -0.339 e. The van der Waals surface area contributed by atoms with E-state index in [1.165, 1.54) is 6.08 Å². The van der Waals surface area contributed by atoms with Crippen LogP contribution in [-0.2, 0) is 4.79 Å². The van der Waals surface area contributed by atoms with Crippen molar-refractivity contribution < 1.29 is 4.79 Å². The van der Waals surface area contributed by atoms with Crippen molar-refractivity contribution in [2.24, 2.45) is 10.2 Å². The quantitative estimate of drug-likeness (QED) is 0.102. The number of hydrogen-bond acceptors (Lipinski definition) is 4. The molecule has 3 aromatic carbocycles. The number of alkyl halides is 3. The first-order chi connectivity index (χ1) is 16.3. The highest BCUT2D eigenvalue weighted by Gasteiger charge is 2.34. The summed E-state index contributed by atoms with van der Waals surface area (Å²) in [5.41, 5.74) is 2.97. The molecule has 1 atom stereocenters. The first-order valence-electron chi connectivity index (χ1n) is 10.0. The van der Waals surface area contributed by atoms with Crippen LogP contribution in [0.4, 0.5) is 17.1 Å². The second-order valence-electron chi connectivity index (χ2n) is 6.91. The van der Waals surface area contributed by atoms with Gasteiger partial charge in [-0.15, -0.1) is 0 Å². The van der Waals surface area contributed by atoms with Crippen LogP contribution in [0.5, 0.6) is 0 Å². The fraction of sp³-hybridized carbons (Fsp3) is 0.0833. The summed E-state index contributed by atoms with van der Waals surface area (Å²) >= 11 is 23.4. The molecule has 0 radical (unpaired) electrons. The van der Waals surface area contributed by atoms with E-state index in [1.54, 1.807) is 30.3 Å². The normalized spacial score (nSPS) is 12.4. The Morgan fingerprint density at radius 3 is 1.97 bits per heavy atom. The Kier molecular flexibility index (Phi) is 9.42. The largest absolute Gasteiger partial charge is 0.339 e. The van der Waals surface area contributed by atoms with Crippen molar-refractivity contribution >= 4 is 81.2 Å². The molecule has 0 bridgehead atoms. The number of thiocarbonyl (C=S) groups is 1. The van der Waals surface area contributed by atoms with Gasteiger partial charge in [0.2, 0.25) is 9.70 Å². The molecule has 1 unspecified atom stereocenters. The van der Waals surface area contributed by atoms with E-state index in [0.717, 1.165) is 11.3 Å². The fourth-order valence-corrected chi connectivity index (χ4v) is 3.21. The van der Waals surface area contributed by atoms with Crippen molar-refractivity contribution in [3.8, 4) is 0 Å². The molecule has 10 heteroatoms. The van der Waals surface area contributed by atoms with Gasteiger partial charge in [0.1, 0.15) is 6.17 Å². The zero-order chi connectivity index (χ0) is 24.4. The number of rotatable bonds is 7. The average molecular weight is 533 g/mol. The molecule has 0 spiro atoms. The lowest BCUT2D eigenvalue weighted by Gasteiger charge is -2.27. The molecule has 3 rings (SSSR count). The van der Waals surface area contributed by atoms with E-state index in [-0.39, 0.29) is 5.11 Å². The first-order valence-corrected chi connectivity index (χ1v) is 11.6. The van der Waals surface area contributed by atoms with Gasteiger partial charge in [-0.25, -0.2) is 0 Å². The Hall–Kier alpha value is -2.97.